The zero-order valence-corrected chi connectivity index (χ0v) is 12.0. The van der Waals surface area contributed by atoms with E-state index in [9.17, 15) is 0 Å². The number of aromatic nitrogens is 1. The summed E-state index contributed by atoms with van der Waals surface area (Å²) in [5.41, 5.74) is 0.934. The SMILES string of the molecule is CCN(CC1CCC1)c1ccc(Cl)c(CNC)n1. The number of nitrogens with one attached hydrogen (secondary N) is 1. The smallest absolute Gasteiger partial charge is 0.128 e. The molecule has 3 nitrogen and oxygen atoms in total. The lowest BCUT2D eigenvalue weighted by atomic mass is 9.85. The highest BCUT2D eigenvalue weighted by Gasteiger charge is 2.21. The van der Waals surface area contributed by atoms with Gasteiger partial charge in [0.05, 0.1) is 10.7 Å². The largest absolute Gasteiger partial charge is 0.357 e. The standard InChI is InChI=1S/C14H22ClN3/c1-3-18(10-11-5-4-6-11)14-8-7-12(15)13(17-14)9-16-2/h7-8,11,16H,3-6,9-10H2,1-2H3. The Morgan fingerprint density at radius 2 is 2.22 bits per heavy atom. The molecule has 4 heteroatoms. The topological polar surface area (TPSA) is 28.2 Å². The van der Waals surface area contributed by atoms with E-state index < -0.39 is 0 Å². The Morgan fingerprint density at radius 1 is 1.44 bits per heavy atom. The fourth-order valence-electron chi connectivity index (χ4n) is 2.31. The van der Waals surface area contributed by atoms with Gasteiger partial charge in [0.2, 0.25) is 0 Å². The second-order valence-corrected chi connectivity index (χ2v) is 5.37. The van der Waals surface area contributed by atoms with Crippen molar-refractivity contribution in [1.29, 1.82) is 0 Å². The fourth-order valence-corrected chi connectivity index (χ4v) is 2.48. The van der Waals surface area contributed by atoms with Crippen molar-refractivity contribution in [2.45, 2.75) is 32.7 Å². The van der Waals surface area contributed by atoms with Crippen LogP contribution in [0, 0.1) is 5.92 Å². The van der Waals surface area contributed by atoms with Gasteiger partial charge in [-0.25, -0.2) is 4.98 Å². The maximum Gasteiger partial charge on any atom is 0.128 e. The molecule has 0 aliphatic heterocycles. The highest BCUT2D eigenvalue weighted by atomic mass is 35.5. The summed E-state index contributed by atoms with van der Waals surface area (Å²) in [4.78, 5) is 7.04. The van der Waals surface area contributed by atoms with E-state index in [0.29, 0.717) is 6.54 Å². The Morgan fingerprint density at radius 3 is 2.78 bits per heavy atom. The first kappa shape index (κ1) is 13.6. The van der Waals surface area contributed by atoms with E-state index in [1.165, 1.54) is 19.3 Å². The number of pyridine rings is 1. The van der Waals surface area contributed by atoms with E-state index in [2.05, 4.69) is 22.1 Å². The van der Waals surface area contributed by atoms with Crippen LogP contribution in [0.2, 0.25) is 5.02 Å². The van der Waals surface area contributed by atoms with Crippen LogP contribution in [0.1, 0.15) is 31.9 Å². The van der Waals surface area contributed by atoms with Crippen molar-refractivity contribution in [3.8, 4) is 0 Å². The van der Waals surface area contributed by atoms with Crippen molar-refractivity contribution >= 4 is 17.4 Å². The molecule has 1 aromatic rings. The summed E-state index contributed by atoms with van der Waals surface area (Å²) in [6, 6.07) is 3.99. The Hall–Kier alpha value is -0.800. The highest BCUT2D eigenvalue weighted by molar-refractivity contribution is 6.31. The molecule has 18 heavy (non-hydrogen) atoms. The summed E-state index contributed by atoms with van der Waals surface area (Å²) in [6.07, 6.45) is 4.13. The lowest BCUT2D eigenvalue weighted by molar-refractivity contribution is 0.318. The molecule has 100 valence electrons. The van der Waals surface area contributed by atoms with Crippen molar-refractivity contribution in [2.24, 2.45) is 5.92 Å². The van der Waals surface area contributed by atoms with Crippen LogP contribution in [-0.2, 0) is 6.54 Å². The monoisotopic (exact) mass is 267 g/mol. The average molecular weight is 268 g/mol. The van der Waals surface area contributed by atoms with Gasteiger partial charge in [0.15, 0.2) is 0 Å². The first-order chi connectivity index (χ1) is 8.74. The molecule has 1 saturated carbocycles. The van der Waals surface area contributed by atoms with Crippen LogP contribution >= 0.6 is 11.6 Å². The normalized spacial score (nSPS) is 15.5. The molecule has 1 aliphatic carbocycles. The minimum Gasteiger partial charge on any atom is -0.357 e. The van der Waals surface area contributed by atoms with Crippen molar-refractivity contribution in [3.63, 3.8) is 0 Å². The molecule has 1 aliphatic rings. The molecule has 1 fully saturated rings. The molecule has 0 spiro atoms. The van der Waals surface area contributed by atoms with Crippen LogP contribution in [0.25, 0.3) is 0 Å². The van der Waals surface area contributed by atoms with Gasteiger partial charge in [-0.05, 0) is 44.9 Å². The second-order valence-electron chi connectivity index (χ2n) is 4.96. The lowest BCUT2D eigenvalue weighted by Gasteiger charge is -2.32. The van der Waals surface area contributed by atoms with Gasteiger partial charge in [-0.2, -0.15) is 0 Å². The maximum atomic E-state index is 6.15. The molecule has 1 N–H and O–H groups in total. The highest BCUT2D eigenvalue weighted by Crippen LogP contribution is 2.29. The molecule has 0 radical (unpaired) electrons. The number of hydrogen-bond donors (Lipinski definition) is 1. The molecule has 0 saturated heterocycles. The van der Waals surface area contributed by atoms with E-state index >= 15 is 0 Å². The van der Waals surface area contributed by atoms with Gasteiger partial charge in [0, 0.05) is 19.6 Å². The summed E-state index contributed by atoms with van der Waals surface area (Å²) in [7, 11) is 1.91. The van der Waals surface area contributed by atoms with Gasteiger partial charge in [-0.3, -0.25) is 0 Å². The number of halogens is 1. The van der Waals surface area contributed by atoms with Crippen LogP contribution < -0.4 is 10.2 Å². The molecule has 0 bridgehead atoms. The van der Waals surface area contributed by atoms with Gasteiger partial charge >= 0.3 is 0 Å². The van der Waals surface area contributed by atoms with Crippen molar-refractivity contribution in [3.05, 3.63) is 22.8 Å². The summed E-state index contributed by atoms with van der Waals surface area (Å²) < 4.78 is 0. The molecule has 1 aromatic heterocycles. The number of anilines is 1. The summed E-state index contributed by atoms with van der Waals surface area (Å²) in [5, 5.41) is 3.85. The van der Waals surface area contributed by atoms with E-state index in [1.54, 1.807) is 0 Å². The maximum absolute atomic E-state index is 6.15. The molecule has 0 aromatic carbocycles. The summed E-state index contributed by atoms with van der Waals surface area (Å²) >= 11 is 6.15. The molecule has 0 atom stereocenters. The number of nitrogens with zero attached hydrogens (tertiary/aromatic N) is 2. The van der Waals surface area contributed by atoms with Crippen LogP contribution in [0.5, 0.6) is 0 Å². The van der Waals surface area contributed by atoms with E-state index in [-0.39, 0.29) is 0 Å². The zero-order valence-electron chi connectivity index (χ0n) is 11.2. The van der Waals surface area contributed by atoms with Crippen molar-refractivity contribution in [1.82, 2.24) is 10.3 Å². The first-order valence-corrected chi connectivity index (χ1v) is 7.17. The summed E-state index contributed by atoms with van der Waals surface area (Å²) in [6.45, 7) is 5.04. The Kier molecular flexibility index (Phi) is 4.84. The first-order valence-electron chi connectivity index (χ1n) is 6.79. The zero-order chi connectivity index (χ0) is 13.0. The number of hydrogen-bond acceptors (Lipinski definition) is 3. The van der Waals surface area contributed by atoms with E-state index in [4.69, 9.17) is 11.6 Å². The van der Waals surface area contributed by atoms with E-state index in [0.717, 1.165) is 35.5 Å². The third-order valence-corrected chi connectivity index (χ3v) is 4.00. The molecule has 2 rings (SSSR count). The van der Waals surface area contributed by atoms with Crippen molar-refractivity contribution in [2.75, 3.05) is 25.0 Å². The quantitative estimate of drug-likeness (QED) is 0.859. The lowest BCUT2D eigenvalue weighted by Crippen LogP contribution is -2.33. The van der Waals surface area contributed by atoms with Gasteiger partial charge in [-0.1, -0.05) is 18.0 Å². The van der Waals surface area contributed by atoms with Crippen LogP contribution in [-0.4, -0.2) is 25.1 Å². The average Bonchev–Trinajstić information content (AvgIpc) is 2.32. The Balaban J connectivity index is 2.10. The van der Waals surface area contributed by atoms with Crippen LogP contribution in [0.4, 0.5) is 5.82 Å². The molecule has 0 amide bonds. The second kappa shape index (κ2) is 6.39. The molecule has 1 heterocycles. The minimum absolute atomic E-state index is 0.716. The molecular weight excluding hydrogens is 246 g/mol. The van der Waals surface area contributed by atoms with Crippen LogP contribution in [0.3, 0.4) is 0 Å². The Labute approximate surface area is 115 Å². The third kappa shape index (κ3) is 3.15. The van der Waals surface area contributed by atoms with E-state index in [1.807, 2.05) is 19.2 Å². The number of rotatable bonds is 6. The molecular formula is C14H22ClN3. The third-order valence-electron chi connectivity index (χ3n) is 3.66. The van der Waals surface area contributed by atoms with Gasteiger partial charge in [0.1, 0.15) is 5.82 Å². The predicted octanol–water partition coefficient (Wildman–Crippen LogP) is 3.08. The van der Waals surface area contributed by atoms with Gasteiger partial charge in [-0.15, -0.1) is 0 Å². The van der Waals surface area contributed by atoms with Gasteiger partial charge < -0.3 is 10.2 Å². The Bertz CT molecular complexity index is 391. The van der Waals surface area contributed by atoms with Crippen molar-refractivity contribution < 1.29 is 0 Å². The summed E-state index contributed by atoms with van der Waals surface area (Å²) in [5.74, 6) is 1.91. The fraction of sp³-hybridized carbons (Fsp3) is 0.643. The predicted molar refractivity (Wildman–Crippen MR) is 77.2 cm³/mol. The minimum atomic E-state index is 0.716. The molecule has 0 unspecified atom stereocenters. The van der Waals surface area contributed by atoms with Gasteiger partial charge in [0.25, 0.3) is 0 Å². The van der Waals surface area contributed by atoms with Crippen LogP contribution in [0.15, 0.2) is 12.1 Å².